The zero-order chi connectivity index (χ0) is 12.5. The zero-order valence-electron chi connectivity index (χ0n) is 10.8. The van der Waals surface area contributed by atoms with Crippen molar-refractivity contribution in [2.45, 2.75) is 13.8 Å². The molecule has 0 amide bonds. The maximum Gasteiger partial charge on any atom is 0.143 e. The number of aryl methyl sites for hydroxylation is 2. The van der Waals surface area contributed by atoms with E-state index in [1.54, 1.807) is 0 Å². The molecule has 0 unspecified atom stereocenters. The summed E-state index contributed by atoms with van der Waals surface area (Å²) in [4.78, 5) is 2.34. The molecule has 0 saturated heterocycles. The van der Waals surface area contributed by atoms with Gasteiger partial charge in [0.25, 0.3) is 0 Å². The van der Waals surface area contributed by atoms with Gasteiger partial charge in [0.15, 0.2) is 0 Å². The predicted molar refractivity (Wildman–Crippen MR) is 74.9 cm³/mol. The number of rotatable bonds is 1. The number of hydrogen-bond acceptors (Lipinski definition) is 2. The van der Waals surface area contributed by atoms with Crippen molar-refractivity contribution in [3.05, 3.63) is 53.6 Å². The quantitative estimate of drug-likeness (QED) is 0.749. The smallest absolute Gasteiger partial charge is 0.143 e. The van der Waals surface area contributed by atoms with Crippen LogP contribution in [-0.2, 0) is 0 Å². The van der Waals surface area contributed by atoms with Gasteiger partial charge in [-0.25, -0.2) is 0 Å². The van der Waals surface area contributed by atoms with Crippen molar-refractivity contribution >= 4 is 11.4 Å². The molecule has 92 valence electrons. The molecule has 3 rings (SSSR count). The van der Waals surface area contributed by atoms with E-state index in [9.17, 15) is 0 Å². The Bertz CT molecular complexity index is 577. The lowest BCUT2D eigenvalue weighted by atomic mass is 10.1. The summed E-state index contributed by atoms with van der Waals surface area (Å²) in [6.07, 6.45) is 0. The van der Waals surface area contributed by atoms with E-state index in [2.05, 4.69) is 49.1 Å². The highest BCUT2D eigenvalue weighted by atomic mass is 16.5. The van der Waals surface area contributed by atoms with Gasteiger partial charge in [-0.2, -0.15) is 0 Å². The minimum atomic E-state index is 0.740. The monoisotopic (exact) mass is 239 g/mol. The van der Waals surface area contributed by atoms with Crippen molar-refractivity contribution in [2.24, 2.45) is 0 Å². The van der Waals surface area contributed by atoms with Gasteiger partial charge in [-0.1, -0.05) is 29.8 Å². The number of fused-ring (bicyclic) bond motifs is 1. The Morgan fingerprint density at radius 1 is 1.00 bits per heavy atom. The third-order valence-corrected chi connectivity index (χ3v) is 3.37. The van der Waals surface area contributed by atoms with Gasteiger partial charge in [0.2, 0.25) is 0 Å². The van der Waals surface area contributed by atoms with Gasteiger partial charge in [0.05, 0.1) is 12.2 Å². The highest BCUT2D eigenvalue weighted by Crippen LogP contribution is 2.37. The highest BCUT2D eigenvalue weighted by Gasteiger charge is 2.19. The van der Waals surface area contributed by atoms with Crippen LogP contribution in [0.3, 0.4) is 0 Å². The molecule has 2 aromatic rings. The van der Waals surface area contributed by atoms with Crippen molar-refractivity contribution in [1.82, 2.24) is 0 Å². The average Bonchev–Trinajstić information content (AvgIpc) is 2.38. The zero-order valence-corrected chi connectivity index (χ0v) is 10.8. The molecule has 0 N–H and O–H groups in total. The van der Waals surface area contributed by atoms with Gasteiger partial charge in [-0.15, -0.1) is 0 Å². The van der Waals surface area contributed by atoms with E-state index < -0.39 is 0 Å². The van der Waals surface area contributed by atoms with Crippen LogP contribution in [0, 0.1) is 13.8 Å². The molecule has 0 fully saturated rings. The van der Waals surface area contributed by atoms with Gasteiger partial charge in [0, 0.05) is 5.69 Å². The summed E-state index contributed by atoms with van der Waals surface area (Å²) in [5, 5.41) is 0. The number of para-hydroxylation sites is 2. The summed E-state index contributed by atoms with van der Waals surface area (Å²) in [6, 6.07) is 14.8. The van der Waals surface area contributed by atoms with Gasteiger partial charge in [0.1, 0.15) is 12.4 Å². The molecule has 1 heterocycles. The van der Waals surface area contributed by atoms with Gasteiger partial charge >= 0.3 is 0 Å². The highest BCUT2D eigenvalue weighted by molar-refractivity contribution is 5.72. The normalized spacial score (nSPS) is 14.0. The van der Waals surface area contributed by atoms with Crippen molar-refractivity contribution in [3.63, 3.8) is 0 Å². The molecule has 2 heteroatoms. The second-order valence-electron chi connectivity index (χ2n) is 4.76. The fourth-order valence-electron chi connectivity index (χ4n) is 2.53. The fraction of sp³-hybridized carbons (Fsp3) is 0.250. The molecular weight excluding hydrogens is 222 g/mol. The first kappa shape index (κ1) is 11.1. The van der Waals surface area contributed by atoms with Crippen molar-refractivity contribution in [1.29, 1.82) is 0 Å². The van der Waals surface area contributed by atoms with Gasteiger partial charge in [-0.3, -0.25) is 0 Å². The summed E-state index contributed by atoms with van der Waals surface area (Å²) < 4.78 is 5.70. The summed E-state index contributed by atoms with van der Waals surface area (Å²) in [5.41, 5.74) is 5.05. The van der Waals surface area contributed by atoms with Crippen LogP contribution in [0.25, 0.3) is 0 Å². The first-order valence-corrected chi connectivity index (χ1v) is 6.32. The third kappa shape index (κ3) is 1.84. The van der Waals surface area contributed by atoms with E-state index >= 15 is 0 Å². The van der Waals surface area contributed by atoms with Crippen molar-refractivity contribution in [2.75, 3.05) is 18.1 Å². The van der Waals surface area contributed by atoms with Gasteiger partial charge in [-0.05, 0) is 37.6 Å². The molecule has 0 bridgehead atoms. The topological polar surface area (TPSA) is 12.5 Å². The largest absolute Gasteiger partial charge is 0.490 e. The minimum absolute atomic E-state index is 0.740. The Kier molecular flexibility index (Phi) is 2.71. The molecule has 0 spiro atoms. The Hall–Kier alpha value is -1.96. The minimum Gasteiger partial charge on any atom is -0.490 e. The van der Waals surface area contributed by atoms with Crippen LogP contribution in [0.5, 0.6) is 5.75 Å². The van der Waals surface area contributed by atoms with E-state index in [1.165, 1.54) is 16.8 Å². The van der Waals surface area contributed by atoms with Crippen LogP contribution in [0.1, 0.15) is 11.1 Å². The summed E-state index contributed by atoms with van der Waals surface area (Å²) in [7, 11) is 0. The number of hydrogen-bond donors (Lipinski definition) is 0. The lowest BCUT2D eigenvalue weighted by Gasteiger charge is -2.32. The number of benzene rings is 2. The Morgan fingerprint density at radius 3 is 2.67 bits per heavy atom. The van der Waals surface area contributed by atoms with Crippen molar-refractivity contribution in [3.8, 4) is 5.75 Å². The maximum atomic E-state index is 5.70. The SMILES string of the molecule is Cc1ccc(N2CCOc3ccccc32)c(C)c1. The molecule has 2 aromatic carbocycles. The Morgan fingerprint density at radius 2 is 1.83 bits per heavy atom. The fourth-order valence-corrected chi connectivity index (χ4v) is 2.53. The molecule has 0 aliphatic carbocycles. The number of nitrogens with zero attached hydrogens (tertiary/aromatic N) is 1. The molecule has 0 radical (unpaired) electrons. The van der Waals surface area contributed by atoms with E-state index in [-0.39, 0.29) is 0 Å². The first-order chi connectivity index (χ1) is 8.75. The van der Waals surface area contributed by atoms with Crippen LogP contribution >= 0.6 is 0 Å². The maximum absolute atomic E-state index is 5.70. The lowest BCUT2D eigenvalue weighted by Crippen LogP contribution is -2.28. The van der Waals surface area contributed by atoms with E-state index in [4.69, 9.17) is 4.74 Å². The average molecular weight is 239 g/mol. The van der Waals surface area contributed by atoms with E-state index in [1.807, 2.05) is 12.1 Å². The van der Waals surface area contributed by atoms with Crippen molar-refractivity contribution < 1.29 is 4.74 Å². The molecule has 18 heavy (non-hydrogen) atoms. The molecule has 2 nitrogen and oxygen atoms in total. The van der Waals surface area contributed by atoms with E-state index in [0.717, 1.165) is 24.6 Å². The summed E-state index contributed by atoms with van der Waals surface area (Å²) in [5.74, 6) is 0.976. The van der Waals surface area contributed by atoms with Crippen LogP contribution in [-0.4, -0.2) is 13.2 Å². The van der Waals surface area contributed by atoms with Gasteiger partial charge < -0.3 is 9.64 Å². The third-order valence-electron chi connectivity index (χ3n) is 3.37. The Balaban J connectivity index is 2.08. The second-order valence-corrected chi connectivity index (χ2v) is 4.76. The molecule has 1 aliphatic heterocycles. The van der Waals surface area contributed by atoms with E-state index in [0.29, 0.717) is 0 Å². The molecule has 0 atom stereocenters. The van der Waals surface area contributed by atoms with Crippen LogP contribution in [0.4, 0.5) is 11.4 Å². The number of ether oxygens (including phenoxy) is 1. The predicted octanol–water partition coefficient (Wildman–Crippen LogP) is 3.83. The standard InChI is InChI=1S/C16H17NO/c1-12-7-8-14(13(2)11-12)17-9-10-18-16-6-4-3-5-15(16)17/h3-8,11H,9-10H2,1-2H3. The molecule has 0 saturated carbocycles. The molecular formula is C16H17NO. The van der Waals surface area contributed by atoms with Crippen LogP contribution in [0.15, 0.2) is 42.5 Å². The summed E-state index contributed by atoms with van der Waals surface area (Å²) in [6.45, 7) is 5.94. The summed E-state index contributed by atoms with van der Waals surface area (Å²) >= 11 is 0. The lowest BCUT2D eigenvalue weighted by molar-refractivity contribution is 0.314. The Labute approximate surface area is 108 Å². The van der Waals surface area contributed by atoms with Crippen LogP contribution < -0.4 is 9.64 Å². The number of anilines is 2. The first-order valence-electron chi connectivity index (χ1n) is 6.32. The second kappa shape index (κ2) is 4.37. The molecule has 1 aliphatic rings. The molecule has 0 aromatic heterocycles. The van der Waals surface area contributed by atoms with Crippen LogP contribution in [0.2, 0.25) is 0 Å².